The van der Waals surface area contributed by atoms with Gasteiger partial charge in [0.25, 0.3) is 5.91 Å². The molecule has 1 aromatic heterocycles. The molecule has 0 fully saturated rings. The van der Waals surface area contributed by atoms with Crippen LogP contribution >= 0.6 is 0 Å². The Bertz CT molecular complexity index is 659. The molecule has 0 unspecified atom stereocenters. The number of ketones is 1. The van der Waals surface area contributed by atoms with Gasteiger partial charge in [-0.05, 0) is 32.4 Å². The molecule has 0 spiro atoms. The molecule has 0 aliphatic rings. The summed E-state index contributed by atoms with van der Waals surface area (Å²) in [7, 11) is 0. The van der Waals surface area contributed by atoms with Gasteiger partial charge < -0.3 is 5.32 Å². The van der Waals surface area contributed by atoms with Gasteiger partial charge in [0.2, 0.25) is 0 Å². The van der Waals surface area contributed by atoms with Gasteiger partial charge in [0, 0.05) is 18.3 Å². The van der Waals surface area contributed by atoms with Crippen LogP contribution in [0.1, 0.15) is 40.1 Å². The summed E-state index contributed by atoms with van der Waals surface area (Å²) in [4.78, 5) is 23.8. The fourth-order valence-electron chi connectivity index (χ4n) is 2.09. The Balaban J connectivity index is 2.28. The maximum Gasteiger partial charge on any atom is 0.258 e. The van der Waals surface area contributed by atoms with Crippen molar-refractivity contribution in [3.63, 3.8) is 0 Å². The zero-order valence-corrected chi connectivity index (χ0v) is 11.8. The molecule has 2 rings (SSSR count). The maximum absolute atomic E-state index is 12.2. The Morgan fingerprint density at radius 1 is 1.35 bits per heavy atom. The zero-order chi connectivity index (χ0) is 14.7. The second kappa shape index (κ2) is 5.69. The van der Waals surface area contributed by atoms with Crippen LogP contribution in [0.4, 0.5) is 5.69 Å². The van der Waals surface area contributed by atoms with E-state index in [1.807, 2.05) is 26.0 Å². The van der Waals surface area contributed by atoms with E-state index in [9.17, 15) is 9.59 Å². The highest BCUT2D eigenvalue weighted by atomic mass is 16.2. The van der Waals surface area contributed by atoms with Crippen LogP contribution in [0.5, 0.6) is 0 Å². The third kappa shape index (κ3) is 2.77. The second-order valence-electron chi connectivity index (χ2n) is 4.59. The maximum atomic E-state index is 12.2. The van der Waals surface area contributed by atoms with Crippen molar-refractivity contribution in [2.45, 2.75) is 27.3 Å². The van der Waals surface area contributed by atoms with Crippen LogP contribution in [0, 0.1) is 6.92 Å². The molecular weight excluding hydrogens is 254 g/mol. The van der Waals surface area contributed by atoms with Crippen LogP contribution in [-0.4, -0.2) is 21.5 Å². The minimum absolute atomic E-state index is 0.0670. The van der Waals surface area contributed by atoms with Crippen LogP contribution in [-0.2, 0) is 6.54 Å². The van der Waals surface area contributed by atoms with E-state index < -0.39 is 0 Å². The lowest BCUT2D eigenvalue weighted by molar-refractivity contribution is 0.101. The van der Waals surface area contributed by atoms with Gasteiger partial charge in [-0.15, -0.1) is 0 Å². The molecule has 1 aromatic carbocycles. The van der Waals surface area contributed by atoms with Gasteiger partial charge in [-0.25, -0.2) is 0 Å². The highest BCUT2D eigenvalue weighted by molar-refractivity contribution is 6.09. The predicted molar refractivity (Wildman–Crippen MR) is 77.0 cm³/mol. The number of nitrogens with one attached hydrogen (secondary N) is 1. The van der Waals surface area contributed by atoms with Gasteiger partial charge in [0.15, 0.2) is 5.78 Å². The number of Topliss-reactive ketones (excluding diaryl/α,β-unsaturated/α-hetero) is 1. The number of aromatic nitrogens is 2. The SMILES string of the molecule is CCn1cc(C(=O)Nc2cccc(C)c2C(C)=O)cn1. The summed E-state index contributed by atoms with van der Waals surface area (Å²) in [5.41, 5.74) is 2.40. The van der Waals surface area contributed by atoms with Gasteiger partial charge in [-0.2, -0.15) is 5.10 Å². The number of hydrogen-bond donors (Lipinski definition) is 1. The van der Waals surface area contributed by atoms with Crippen LogP contribution < -0.4 is 5.32 Å². The smallest absolute Gasteiger partial charge is 0.258 e. The summed E-state index contributed by atoms with van der Waals surface area (Å²) in [6, 6.07) is 5.39. The largest absolute Gasteiger partial charge is 0.321 e. The summed E-state index contributed by atoms with van der Waals surface area (Å²) < 4.78 is 1.68. The van der Waals surface area contributed by atoms with Gasteiger partial charge in [0.05, 0.1) is 17.4 Å². The lowest BCUT2D eigenvalue weighted by Crippen LogP contribution is -2.14. The number of nitrogens with zero attached hydrogens (tertiary/aromatic N) is 2. The van der Waals surface area contributed by atoms with Crippen molar-refractivity contribution in [2.75, 3.05) is 5.32 Å². The van der Waals surface area contributed by atoms with Crippen molar-refractivity contribution in [1.82, 2.24) is 9.78 Å². The average Bonchev–Trinajstić information content (AvgIpc) is 2.87. The predicted octanol–water partition coefficient (Wildman–Crippen LogP) is 2.67. The molecule has 1 amide bonds. The highest BCUT2D eigenvalue weighted by Crippen LogP contribution is 2.20. The Morgan fingerprint density at radius 2 is 2.10 bits per heavy atom. The van der Waals surface area contributed by atoms with Crippen molar-refractivity contribution in [3.05, 3.63) is 47.3 Å². The van der Waals surface area contributed by atoms with Crippen LogP contribution in [0.3, 0.4) is 0 Å². The molecule has 2 aromatic rings. The van der Waals surface area contributed by atoms with Gasteiger partial charge in [0.1, 0.15) is 0 Å². The lowest BCUT2D eigenvalue weighted by Gasteiger charge is -2.10. The number of carbonyl (C=O) groups excluding carboxylic acids is 2. The molecule has 0 bridgehead atoms. The van der Waals surface area contributed by atoms with E-state index in [0.29, 0.717) is 23.4 Å². The first-order valence-corrected chi connectivity index (χ1v) is 6.47. The molecule has 0 aliphatic heterocycles. The number of hydrogen-bond acceptors (Lipinski definition) is 3. The molecule has 1 N–H and O–H groups in total. The van der Waals surface area contributed by atoms with Crippen molar-refractivity contribution in [3.8, 4) is 0 Å². The number of anilines is 1. The molecule has 5 heteroatoms. The molecule has 0 aliphatic carbocycles. The summed E-state index contributed by atoms with van der Waals surface area (Å²) in [6.45, 7) is 5.99. The first-order valence-electron chi connectivity index (χ1n) is 6.47. The fraction of sp³-hybridized carbons (Fsp3) is 0.267. The summed E-state index contributed by atoms with van der Waals surface area (Å²) in [5, 5.41) is 6.83. The van der Waals surface area contributed by atoms with Crippen molar-refractivity contribution in [2.24, 2.45) is 0 Å². The molecule has 0 saturated heterocycles. The molecule has 104 valence electrons. The normalized spacial score (nSPS) is 10.3. The molecule has 1 heterocycles. The van der Waals surface area contributed by atoms with E-state index in [0.717, 1.165) is 5.56 Å². The van der Waals surface area contributed by atoms with Crippen molar-refractivity contribution >= 4 is 17.4 Å². The summed E-state index contributed by atoms with van der Waals surface area (Å²) in [5.74, 6) is -0.333. The molecule has 0 saturated carbocycles. The minimum Gasteiger partial charge on any atom is -0.321 e. The number of rotatable bonds is 4. The second-order valence-corrected chi connectivity index (χ2v) is 4.59. The number of benzene rings is 1. The van der Waals surface area contributed by atoms with Gasteiger partial charge in [-0.3, -0.25) is 14.3 Å². The van der Waals surface area contributed by atoms with Crippen LogP contribution in [0.25, 0.3) is 0 Å². The van der Waals surface area contributed by atoms with Crippen LogP contribution in [0.15, 0.2) is 30.6 Å². The Morgan fingerprint density at radius 3 is 2.70 bits per heavy atom. The monoisotopic (exact) mass is 271 g/mol. The molecular formula is C15H17N3O2. The molecule has 0 radical (unpaired) electrons. The van der Waals surface area contributed by atoms with E-state index in [2.05, 4.69) is 10.4 Å². The van der Waals surface area contributed by atoms with Gasteiger partial charge >= 0.3 is 0 Å². The van der Waals surface area contributed by atoms with Crippen molar-refractivity contribution in [1.29, 1.82) is 0 Å². The summed E-state index contributed by atoms with van der Waals surface area (Å²) in [6.07, 6.45) is 3.20. The van der Waals surface area contributed by atoms with Gasteiger partial charge in [-0.1, -0.05) is 12.1 Å². The number of aryl methyl sites for hydroxylation is 2. The zero-order valence-electron chi connectivity index (χ0n) is 11.8. The first-order chi connectivity index (χ1) is 9.52. The van der Waals surface area contributed by atoms with Crippen molar-refractivity contribution < 1.29 is 9.59 Å². The molecule has 5 nitrogen and oxygen atoms in total. The third-order valence-corrected chi connectivity index (χ3v) is 3.09. The Hall–Kier alpha value is -2.43. The Kier molecular flexibility index (Phi) is 3.98. The molecule has 0 atom stereocenters. The van der Waals surface area contributed by atoms with E-state index >= 15 is 0 Å². The lowest BCUT2D eigenvalue weighted by atomic mass is 10.0. The van der Waals surface area contributed by atoms with E-state index in [1.54, 1.807) is 16.9 Å². The van der Waals surface area contributed by atoms with Crippen LogP contribution in [0.2, 0.25) is 0 Å². The van der Waals surface area contributed by atoms with E-state index in [1.165, 1.54) is 13.1 Å². The third-order valence-electron chi connectivity index (χ3n) is 3.09. The average molecular weight is 271 g/mol. The number of amides is 1. The molecule has 20 heavy (non-hydrogen) atoms. The minimum atomic E-state index is -0.266. The summed E-state index contributed by atoms with van der Waals surface area (Å²) >= 11 is 0. The van der Waals surface area contributed by atoms with E-state index in [-0.39, 0.29) is 11.7 Å². The number of carbonyl (C=O) groups is 2. The first kappa shape index (κ1) is 14.0. The quantitative estimate of drug-likeness (QED) is 0.869. The fourth-order valence-corrected chi connectivity index (χ4v) is 2.09. The highest BCUT2D eigenvalue weighted by Gasteiger charge is 2.14. The topological polar surface area (TPSA) is 64.0 Å². The standard InChI is InChI=1S/C15H17N3O2/c1-4-18-9-12(8-16-18)15(20)17-13-7-5-6-10(2)14(13)11(3)19/h5-9H,4H2,1-3H3,(H,17,20). The van der Waals surface area contributed by atoms with E-state index in [4.69, 9.17) is 0 Å². The Labute approximate surface area is 117 Å².